The average molecular weight is 373 g/mol. The van der Waals surface area contributed by atoms with E-state index in [0.717, 1.165) is 5.57 Å². The summed E-state index contributed by atoms with van der Waals surface area (Å²) in [5, 5.41) is 3.77. The van der Waals surface area contributed by atoms with Gasteiger partial charge in [-0.3, -0.25) is 0 Å². The van der Waals surface area contributed by atoms with Crippen molar-refractivity contribution in [3.63, 3.8) is 0 Å². The summed E-state index contributed by atoms with van der Waals surface area (Å²) in [5.74, 6) is 0. The van der Waals surface area contributed by atoms with Crippen molar-refractivity contribution in [1.82, 2.24) is 0 Å². The molecular weight excluding hydrogens is 344 g/mol. The Bertz CT molecular complexity index is 851. The topological polar surface area (TPSA) is 9.23 Å². The number of allylic oxidation sites excluding steroid dienone is 1. The molecule has 0 aromatic heterocycles. The van der Waals surface area contributed by atoms with Gasteiger partial charge < -0.3 is 4.43 Å². The summed E-state index contributed by atoms with van der Waals surface area (Å²) < 4.78 is 7.00. The smallest absolute Gasteiger partial charge is 0.288 e. The molecule has 0 N–H and O–H groups in total. The third-order valence-corrected chi connectivity index (χ3v) is 8.96. The van der Waals surface area contributed by atoms with Gasteiger partial charge in [-0.05, 0) is 48.8 Å². The third kappa shape index (κ3) is 4.13. The highest BCUT2D eigenvalue weighted by molar-refractivity contribution is 7.07. The van der Waals surface area contributed by atoms with Crippen molar-refractivity contribution < 1.29 is 4.43 Å². The predicted octanol–water partition coefficient (Wildman–Crippen LogP) is 4.50. The highest BCUT2D eigenvalue weighted by Gasteiger charge is 2.44. The Morgan fingerprint density at radius 1 is 0.704 bits per heavy atom. The van der Waals surface area contributed by atoms with Crippen LogP contribution in [0.2, 0.25) is 0 Å². The van der Waals surface area contributed by atoms with E-state index in [1.54, 1.807) is 0 Å². The first-order chi connectivity index (χ1) is 12.8. The zero-order chi connectivity index (χ0) is 19.5. The Hall–Kier alpha value is -2.42. The second-order valence-electron chi connectivity index (χ2n) is 7.99. The van der Waals surface area contributed by atoms with Crippen molar-refractivity contribution in [2.24, 2.45) is 0 Å². The zero-order valence-electron chi connectivity index (χ0n) is 16.7. The maximum Gasteiger partial charge on any atom is 0.288 e. The van der Waals surface area contributed by atoms with Crippen LogP contribution in [0.15, 0.2) is 91.5 Å². The summed E-state index contributed by atoms with van der Waals surface area (Å²) in [6, 6.07) is 30.2. The summed E-state index contributed by atoms with van der Waals surface area (Å²) in [7, 11) is -2.65. The normalized spacial score (nSPS) is 12.0. The Morgan fingerprint density at radius 2 is 1.11 bits per heavy atom. The Kier molecular flexibility index (Phi) is 5.50. The van der Waals surface area contributed by atoms with E-state index >= 15 is 0 Å². The van der Waals surface area contributed by atoms with Gasteiger partial charge in [0.25, 0.3) is 8.32 Å². The molecule has 3 aromatic rings. The van der Waals surface area contributed by atoms with Crippen LogP contribution < -0.4 is 15.6 Å². The van der Waals surface area contributed by atoms with Gasteiger partial charge in [-0.15, -0.1) is 0 Å². The van der Waals surface area contributed by atoms with Crippen LogP contribution in [-0.4, -0.2) is 13.9 Å². The van der Waals surface area contributed by atoms with E-state index in [1.807, 2.05) is 6.92 Å². The quantitative estimate of drug-likeness (QED) is 0.473. The van der Waals surface area contributed by atoms with E-state index in [4.69, 9.17) is 4.43 Å². The number of hydrogen-bond acceptors (Lipinski definition) is 1. The van der Waals surface area contributed by atoms with Crippen molar-refractivity contribution in [3.05, 3.63) is 97.1 Å². The van der Waals surface area contributed by atoms with Gasteiger partial charge in [0, 0.05) is 5.60 Å². The molecule has 2 heteroatoms. The monoisotopic (exact) mass is 372 g/mol. The fraction of sp³-hybridized carbons (Fsp3) is 0.200. The molecule has 1 nitrogen and oxygen atoms in total. The molecule has 0 spiro atoms. The van der Waals surface area contributed by atoms with Crippen LogP contribution in [0.5, 0.6) is 0 Å². The molecule has 0 aliphatic rings. The molecule has 0 fully saturated rings. The first kappa shape index (κ1) is 19.3. The summed E-state index contributed by atoms with van der Waals surface area (Å²) >= 11 is 0. The van der Waals surface area contributed by atoms with Crippen LogP contribution in [0.3, 0.4) is 0 Å². The highest BCUT2D eigenvalue weighted by atomic mass is 28.4. The molecule has 3 rings (SSSR count). The summed E-state index contributed by atoms with van der Waals surface area (Å²) in [5.41, 5.74) is 1.97. The molecule has 0 radical (unpaired) electrons. The molecule has 0 unspecified atom stereocenters. The summed E-state index contributed by atoms with van der Waals surface area (Å²) in [6.07, 6.45) is 0. The molecule has 0 atom stereocenters. The van der Waals surface area contributed by atoms with Crippen LogP contribution in [0, 0.1) is 0 Å². The van der Waals surface area contributed by atoms with Crippen molar-refractivity contribution in [2.75, 3.05) is 0 Å². The first-order valence-electron chi connectivity index (χ1n) is 9.40. The van der Waals surface area contributed by atoms with E-state index in [-0.39, 0.29) is 5.60 Å². The van der Waals surface area contributed by atoms with Gasteiger partial charge in [-0.25, -0.2) is 0 Å². The molecule has 0 saturated heterocycles. The number of rotatable bonds is 5. The lowest BCUT2D eigenvalue weighted by Crippen LogP contribution is -2.71. The molecule has 138 valence electrons. The molecule has 0 aliphatic carbocycles. The van der Waals surface area contributed by atoms with E-state index in [2.05, 4.69) is 112 Å². The first-order valence-corrected chi connectivity index (χ1v) is 11.3. The molecule has 27 heavy (non-hydrogen) atoms. The molecular formula is C25H28OSi. The van der Waals surface area contributed by atoms with Gasteiger partial charge in [0.1, 0.15) is 0 Å². The van der Waals surface area contributed by atoms with Crippen LogP contribution >= 0.6 is 0 Å². The van der Waals surface area contributed by atoms with Crippen LogP contribution in [-0.2, 0) is 4.43 Å². The van der Waals surface area contributed by atoms with Gasteiger partial charge in [0.05, 0.1) is 0 Å². The number of hydrogen-bond donors (Lipinski definition) is 0. The molecule has 0 amide bonds. The minimum atomic E-state index is -2.65. The summed E-state index contributed by atoms with van der Waals surface area (Å²) in [4.78, 5) is 0. The lowest BCUT2D eigenvalue weighted by atomic mass is 10.1. The van der Waals surface area contributed by atoms with Crippen LogP contribution in [0.4, 0.5) is 0 Å². The van der Waals surface area contributed by atoms with E-state index in [1.165, 1.54) is 21.1 Å². The number of benzene rings is 3. The SMILES string of the molecule is C=C(C)c1ccc([Si](OC(C)(C)C)(c2ccccc2)c2ccccc2)cc1. The molecule has 0 aliphatic heterocycles. The minimum absolute atomic E-state index is 0.273. The highest BCUT2D eigenvalue weighted by Crippen LogP contribution is 2.19. The second-order valence-corrected chi connectivity index (χ2v) is 11.3. The Morgan fingerprint density at radius 3 is 1.48 bits per heavy atom. The van der Waals surface area contributed by atoms with Gasteiger partial charge >= 0.3 is 0 Å². The maximum atomic E-state index is 7.00. The summed E-state index contributed by atoms with van der Waals surface area (Å²) in [6.45, 7) is 12.5. The average Bonchev–Trinajstić information content (AvgIpc) is 2.67. The fourth-order valence-electron chi connectivity index (χ4n) is 3.47. The van der Waals surface area contributed by atoms with E-state index in [0.29, 0.717) is 0 Å². The fourth-order valence-corrected chi connectivity index (χ4v) is 7.70. The largest absolute Gasteiger partial charge is 0.399 e. The van der Waals surface area contributed by atoms with Crippen molar-refractivity contribution >= 4 is 29.5 Å². The molecule has 0 saturated carbocycles. The minimum Gasteiger partial charge on any atom is -0.399 e. The van der Waals surface area contributed by atoms with Crippen molar-refractivity contribution in [3.8, 4) is 0 Å². The second kappa shape index (κ2) is 7.67. The Balaban J connectivity index is 2.31. The zero-order valence-corrected chi connectivity index (χ0v) is 17.7. The predicted molar refractivity (Wildman–Crippen MR) is 120 cm³/mol. The van der Waals surface area contributed by atoms with Gasteiger partial charge in [-0.1, -0.05) is 97.1 Å². The molecule has 3 aromatic carbocycles. The van der Waals surface area contributed by atoms with Gasteiger partial charge in [0.2, 0.25) is 0 Å². The van der Waals surface area contributed by atoms with Crippen LogP contribution in [0.1, 0.15) is 33.3 Å². The van der Waals surface area contributed by atoms with Crippen molar-refractivity contribution in [1.29, 1.82) is 0 Å². The van der Waals surface area contributed by atoms with E-state index in [9.17, 15) is 0 Å². The molecule has 0 bridgehead atoms. The standard InChI is InChI=1S/C25H28OSi/c1-20(2)21-16-18-24(19-17-21)27(26-25(3,4)5,22-12-8-6-9-13-22)23-14-10-7-11-15-23/h6-19H,1H2,2-5H3. The lowest BCUT2D eigenvalue weighted by molar-refractivity contribution is 0.130. The maximum absolute atomic E-state index is 7.00. The van der Waals surface area contributed by atoms with Gasteiger partial charge in [-0.2, -0.15) is 0 Å². The lowest BCUT2D eigenvalue weighted by Gasteiger charge is -2.39. The molecule has 0 heterocycles. The van der Waals surface area contributed by atoms with E-state index < -0.39 is 8.32 Å². The van der Waals surface area contributed by atoms with Crippen LogP contribution in [0.25, 0.3) is 5.57 Å². The van der Waals surface area contributed by atoms with Crippen molar-refractivity contribution in [2.45, 2.75) is 33.3 Å². The third-order valence-electron chi connectivity index (χ3n) is 4.60. The van der Waals surface area contributed by atoms with Gasteiger partial charge in [0.15, 0.2) is 0 Å². The Labute approximate surface area is 164 Å².